The molecule has 0 aliphatic heterocycles. The van der Waals surface area contributed by atoms with E-state index in [1.807, 2.05) is 24.8 Å². The minimum absolute atomic E-state index is 0.0864. The Kier molecular flexibility index (Phi) is 3.52. The van der Waals surface area contributed by atoms with Crippen molar-refractivity contribution in [1.29, 1.82) is 0 Å². The molecule has 17 heavy (non-hydrogen) atoms. The van der Waals surface area contributed by atoms with Crippen LogP contribution in [-0.4, -0.2) is 16.9 Å². The molecule has 0 aromatic carbocycles. The van der Waals surface area contributed by atoms with Crippen molar-refractivity contribution in [3.05, 3.63) is 21.8 Å². The fraction of sp³-hybridized carbons (Fsp3) is 0.538. The van der Waals surface area contributed by atoms with Crippen LogP contribution in [0.2, 0.25) is 0 Å². The highest BCUT2D eigenvalue weighted by Gasteiger charge is 2.29. The third-order valence-electron chi connectivity index (χ3n) is 3.32. The number of halogens is 1. The first kappa shape index (κ1) is 12.6. The maximum Gasteiger partial charge on any atom is 0.225 e. The van der Waals surface area contributed by atoms with Crippen LogP contribution in [0.15, 0.2) is 10.5 Å². The van der Waals surface area contributed by atoms with Gasteiger partial charge < -0.3 is 0 Å². The molecule has 1 aromatic heterocycles. The van der Waals surface area contributed by atoms with Crippen molar-refractivity contribution < 1.29 is 4.79 Å². The van der Waals surface area contributed by atoms with E-state index >= 15 is 0 Å². The molecule has 1 saturated carbocycles. The van der Waals surface area contributed by atoms with Crippen molar-refractivity contribution in [2.24, 2.45) is 0 Å². The van der Waals surface area contributed by atoms with E-state index in [2.05, 4.69) is 20.9 Å². The van der Waals surface area contributed by atoms with Gasteiger partial charge in [0.1, 0.15) is 5.82 Å². The van der Waals surface area contributed by atoms with E-state index in [0.29, 0.717) is 6.04 Å². The number of anilines is 1. The summed E-state index contributed by atoms with van der Waals surface area (Å²) in [5.74, 6) is 0.878. The predicted octanol–water partition coefficient (Wildman–Crippen LogP) is 3.37. The van der Waals surface area contributed by atoms with Gasteiger partial charge in [-0.25, -0.2) is 4.98 Å². The molecule has 0 atom stereocenters. The number of nitrogens with zero attached hydrogens (tertiary/aromatic N) is 2. The quantitative estimate of drug-likeness (QED) is 0.838. The van der Waals surface area contributed by atoms with E-state index in [9.17, 15) is 4.79 Å². The molecule has 4 heteroatoms. The molecule has 2 rings (SSSR count). The number of hydrogen-bond donors (Lipinski definition) is 0. The zero-order valence-electron chi connectivity index (χ0n) is 10.5. The lowest BCUT2D eigenvalue weighted by atomic mass is 9.91. The van der Waals surface area contributed by atoms with Crippen LogP contribution < -0.4 is 4.90 Å². The van der Waals surface area contributed by atoms with E-state index in [4.69, 9.17) is 0 Å². The number of rotatable bonds is 2. The number of carbonyl (C=O) groups is 1. The number of hydrogen-bond acceptors (Lipinski definition) is 2. The zero-order valence-corrected chi connectivity index (χ0v) is 12.0. The van der Waals surface area contributed by atoms with Gasteiger partial charge >= 0.3 is 0 Å². The highest BCUT2D eigenvalue weighted by molar-refractivity contribution is 9.10. The SMILES string of the molecule is CC(=O)N(c1cc(C)c(Br)c(C)n1)C1CCC1. The summed E-state index contributed by atoms with van der Waals surface area (Å²) >= 11 is 3.50. The molecule has 0 radical (unpaired) electrons. The molecule has 0 saturated heterocycles. The number of aryl methyl sites for hydroxylation is 2. The molecule has 1 aliphatic rings. The van der Waals surface area contributed by atoms with Gasteiger partial charge in [-0.3, -0.25) is 9.69 Å². The molecule has 1 heterocycles. The Hall–Kier alpha value is -0.900. The van der Waals surface area contributed by atoms with Crippen molar-refractivity contribution in [2.45, 2.75) is 46.1 Å². The number of aromatic nitrogens is 1. The number of carbonyl (C=O) groups excluding carboxylic acids is 1. The van der Waals surface area contributed by atoms with Gasteiger partial charge in [-0.2, -0.15) is 0 Å². The third kappa shape index (κ3) is 2.37. The normalized spacial score (nSPS) is 15.5. The van der Waals surface area contributed by atoms with Crippen LogP contribution in [0.25, 0.3) is 0 Å². The van der Waals surface area contributed by atoms with E-state index in [1.54, 1.807) is 6.92 Å². The van der Waals surface area contributed by atoms with Crippen LogP contribution in [-0.2, 0) is 4.79 Å². The highest BCUT2D eigenvalue weighted by Crippen LogP contribution is 2.31. The molecular formula is C13H17BrN2O. The summed E-state index contributed by atoms with van der Waals surface area (Å²) in [7, 11) is 0. The van der Waals surface area contributed by atoms with E-state index in [-0.39, 0.29) is 5.91 Å². The van der Waals surface area contributed by atoms with Gasteiger partial charge in [0.25, 0.3) is 0 Å². The summed E-state index contributed by atoms with van der Waals surface area (Å²) in [6.45, 7) is 5.60. The minimum Gasteiger partial charge on any atom is -0.294 e. The summed E-state index contributed by atoms with van der Waals surface area (Å²) in [5.41, 5.74) is 2.06. The molecule has 92 valence electrons. The Morgan fingerprint density at radius 3 is 2.53 bits per heavy atom. The fourth-order valence-corrected chi connectivity index (χ4v) is 2.37. The lowest BCUT2D eigenvalue weighted by molar-refractivity contribution is -0.117. The minimum atomic E-state index is 0.0864. The van der Waals surface area contributed by atoms with Gasteiger partial charge in [0.05, 0.1) is 5.69 Å². The van der Waals surface area contributed by atoms with Gasteiger partial charge in [-0.15, -0.1) is 0 Å². The second kappa shape index (κ2) is 4.77. The summed E-state index contributed by atoms with van der Waals surface area (Å²) in [5, 5.41) is 0. The maximum absolute atomic E-state index is 11.8. The average molecular weight is 297 g/mol. The van der Waals surface area contributed by atoms with Crippen molar-refractivity contribution in [3.8, 4) is 0 Å². The summed E-state index contributed by atoms with van der Waals surface area (Å²) in [4.78, 5) is 18.1. The van der Waals surface area contributed by atoms with Gasteiger partial charge in [-0.1, -0.05) is 0 Å². The largest absolute Gasteiger partial charge is 0.294 e. The molecule has 0 spiro atoms. The Morgan fingerprint density at radius 2 is 2.12 bits per heavy atom. The van der Waals surface area contributed by atoms with Crippen molar-refractivity contribution in [2.75, 3.05) is 4.90 Å². The molecule has 0 bridgehead atoms. The van der Waals surface area contributed by atoms with Gasteiger partial charge in [0, 0.05) is 17.4 Å². The van der Waals surface area contributed by atoms with Crippen LogP contribution in [0.4, 0.5) is 5.82 Å². The maximum atomic E-state index is 11.8. The Bertz CT molecular complexity index is 432. The predicted molar refractivity (Wildman–Crippen MR) is 72.2 cm³/mol. The molecular weight excluding hydrogens is 280 g/mol. The van der Waals surface area contributed by atoms with Crippen LogP contribution in [0.1, 0.15) is 37.4 Å². The Labute approximate surface area is 110 Å². The summed E-state index contributed by atoms with van der Waals surface area (Å²) < 4.78 is 1.03. The molecule has 1 amide bonds. The lowest BCUT2D eigenvalue weighted by Crippen LogP contribution is -2.43. The first-order valence-electron chi connectivity index (χ1n) is 5.94. The first-order chi connectivity index (χ1) is 8.00. The van der Waals surface area contributed by atoms with Crippen LogP contribution in [0.3, 0.4) is 0 Å². The zero-order chi connectivity index (χ0) is 12.6. The van der Waals surface area contributed by atoms with Crippen molar-refractivity contribution in [1.82, 2.24) is 4.98 Å². The second-order valence-corrected chi connectivity index (χ2v) is 5.46. The Morgan fingerprint density at radius 1 is 1.47 bits per heavy atom. The molecule has 1 fully saturated rings. The van der Waals surface area contributed by atoms with Gasteiger partial charge in [0.2, 0.25) is 5.91 Å². The molecule has 0 unspecified atom stereocenters. The monoisotopic (exact) mass is 296 g/mol. The van der Waals surface area contributed by atoms with Crippen LogP contribution >= 0.6 is 15.9 Å². The second-order valence-electron chi connectivity index (χ2n) is 4.67. The van der Waals surface area contributed by atoms with E-state index in [0.717, 1.165) is 34.4 Å². The molecule has 1 aromatic rings. The fourth-order valence-electron chi connectivity index (χ4n) is 2.17. The molecule has 0 N–H and O–H groups in total. The topological polar surface area (TPSA) is 33.2 Å². The average Bonchev–Trinajstić information content (AvgIpc) is 2.18. The Balaban J connectivity index is 2.39. The van der Waals surface area contributed by atoms with Crippen LogP contribution in [0.5, 0.6) is 0 Å². The van der Waals surface area contributed by atoms with Crippen molar-refractivity contribution in [3.63, 3.8) is 0 Å². The summed E-state index contributed by atoms with van der Waals surface area (Å²) in [6, 6.07) is 2.33. The highest BCUT2D eigenvalue weighted by atomic mass is 79.9. The third-order valence-corrected chi connectivity index (χ3v) is 4.52. The van der Waals surface area contributed by atoms with Crippen molar-refractivity contribution >= 4 is 27.7 Å². The van der Waals surface area contributed by atoms with E-state index in [1.165, 1.54) is 6.42 Å². The van der Waals surface area contributed by atoms with Gasteiger partial charge in [-0.05, 0) is 60.7 Å². The molecule has 1 aliphatic carbocycles. The first-order valence-corrected chi connectivity index (χ1v) is 6.73. The van der Waals surface area contributed by atoms with E-state index < -0.39 is 0 Å². The lowest BCUT2D eigenvalue weighted by Gasteiger charge is -2.36. The number of pyridine rings is 1. The summed E-state index contributed by atoms with van der Waals surface area (Å²) in [6.07, 6.45) is 3.40. The molecule has 3 nitrogen and oxygen atoms in total. The smallest absolute Gasteiger partial charge is 0.225 e. The van der Waals surface area contributed by atoms with Gasteiger partial charge in [0.15, 0.2) is 0 Å². The number of amides is 1. The standard InChI is InChI=1S/C13H17BrN2O/c1-8-7-12(15-9(2)13(8)14)16(10(3)17)11-5-4-6-11/h7,11H,4-6H2,1-3H3. The van der Waals surface area contributed by atoms with Crippen LogP contribution in [0, 0.1) is 13.8 Å².